The first-order chi connectivity index (χ1) is 9.05. The van der Waals surface area contributed by atoms with Crippen molar-refractivity contribution in [3.05, 3.63) is 0 Å². The van der Waals surface area contributed by atoms with Crippen LogP contribution in [0, 0.1) is 0 Å². The molecule has 0 spiro atoms. The average Bonchev–Trinajstić information content (AvgIpc) is 2.41. The second-order valence-electron chi connectivity index (χ2n) is 3.77. The van der Waals surface area contributed by atoms with Gasteiger partial charge in [-0.1, -0.05) is 0 Å². The Bertz CT molecular complexity index is 344. The van der Waals surface area contributed by atoms with Crippen LogP contribution < -0.4 is 15.4 Å². The summed E-state index contributed by atoms with van der Waals surface area (Å²) < 4.78 is 30.1. The van der Waals surface area contributed by atoms with Crippen LogP contribution in [0.4, 0.5) is 0 Å². The molecule has 114 valence electrons. The largest absolute Gasteiger partial charge is 0.382 e. The fourth-order valence-corrected chi connectivity index (χ4v) is 1.85. The molecule has 7 nitrogen and oxygen atoms in total. The zero-order chi connectivity index (χ0) is 14.6. The molecule has 3 N–H and O–H groups in total. The smallest absolute Gasteiger partial charge is 0.211 e. The van der Waals surface area contributed by atoms with E-state index in [-0.39, 0.29) is 5.75 Å². The van der Waals surface area contributed by atoms with Crippen molar-refractivity contribution in [2.75, 3.05) is 45.6 Å². The molecule has 0 saturated heterocycles. The summed E-state index contributed by atoms with van der Waals surface area (Å²) in [7, 11) is -1.44. The molecule has 0 aliphatic carbocycles. The van der Waals surface area contributed by atoms with E-state index in [0.29, 0.717) is 19.0 Å². The molecule has 0 saturated carbocycles. The molecule has 0 aromatic carbocycles. The predicted octanol–water partition coefficient (Wildman–Crippen LogP) is -0.483. The van der Waals surface area contributed by atoms with Gasteiger partial charge in [-0.15, -0.1) is 0 Å². The summed E-state index contributed by atoms with van der Waals surface area (Å²) in [5.74, 6) is 0.754. The van der Waals surface area contributed by atoms with E-state index in [1.165, 1.54) is 0 Å². The Morgan fingerprint density at radius 3 is 2.42 bits per heavy atom. The van der Waals surface area contributed by atoms with Gasteiger partial charge in [0.2, 0.25) is 10.0 Å². The highest BCUT2D eigenvalue weighted by atomic mass is 32.2. The summed E-state index contributed by atoms with van der Waals surface area (Å²) in [5.41, 5.74) is 0. The van der Waals surface area contributed by atoms with Gasteiger partial charge in [0.25, 0.3) is 0 Å². The van der Waals surface area contributed by atoms with E-state index < -0.39 is 10.0 Å². The van der Waals surface area contributed by atoms with Gasteiger partial charge in [0.15, 0.2) is 5.96 Å². The highest BCUT2D eigenvalue weighted by Crippen LogP contribution is 1.81. The van der Waals surface area contributed by atoms with Gasteiger partial charge in [-0.3, -0.25) is 4.99 Å². The highest BCUT2D eigenvalue weighted by Gasteiger charge is 2.04. The molecular weight excluding hydrogens is 268 g/mol. The molecule has 0 atom stereocenters. The third-order valence-corrected chi connectivity index (χ3v) is 3.71. The van der Waals surface area contributed by atoms with Crippen LogP contribution in [0.1, 0.15) is 20.3 Å². The summed E-state index contributed by atoms with van der Waals surface area (Å²) in [5, 5.41) is 6.15. The van der Waals surface area contributed by atoms with Crippen LogP contribution >= 0.6 is 0 Å². The van der Waals surface area contributed by atoms with E-state index in [1.54, 1.807) is 14.0 Å². The standard InChI is InChI=1S/C11H26N4O3S/c1-4-18-10-6-7-13-11(12-3)14-8-9-15-19(16,17)5-2/h15H,4-10H2,1-3H3,(H2,12,13,14). The fraction of sp³-hybridized carbons (Fsp3) is 0.909. The molecule has 0 amide bonds. The minimum atomic E-state index is -3.12. The maximum Gasteiger partial charge on any atom is 0.211 e. The minimum absolute atomic E-state index is 0.0946. The number of nitrogens with one attached hydrogen (secondary N) is 3. The fourth-order valence-electron chi connectivity index (χ4n) is 1.24. The molecule has 0 bridgehead atoms. The zero-order valence-electron chi connectivity index (χ0n) is 12.0. The predicted molar refractivity (Wildman–Crippen MR) is 77.9 cm³/mol. The maximum absolute atomic E-state index is 11.2. The number of nitrogens with zero attached hydrogens (tertiary/aromatic N) is 1. The Morgan fingerprint density at radius 1 is 1.16 bits per heavy atom. The van der Waals surface area contributed by atoms with Gasteiger partial charge in [0.1, 0.15) is 0 Å². The molecule has 0 unspecified atom stereocenters. The minimum Gasteiger partial charge on any atom is -0.382 e. The highest BCUT2D eigenvalue weighted by molar-refractivity contribution is 7.89. The number of guanidine groups is 1. The summed E-state index contributed by atoms with van der Waals surface area (Å²) in [4.78, 5) is 4.04. The van der Waals surface area contributed by atoms with Crippen molar-refractivity contribution in [3.8, 4) is 0 Å². The zero-order valence-corrected chi connectivity index (χ0v) is 12.8. The van der Waals surface area contributed by atoms with Crippen molar-refractivity contribution in [2.24, 2.45) is 4.99 Å². The first-order valence-electron chi connectivity index (χ1n) is 6.55. The first-order valence-corrected chi connectivity index (χ1v) is 8.20. The van der Waals surface area contributed by atoms with Crippen molar-refractivity contribution in [1.82, 2.24) is 15.4 Å². The molecule has 0 aromatic heterocycles. The SMILES string of the molecule is CCOCCCNC(=NC)NCCNS(=O)(=O)CC. The molecule has 19 heavy (non-hydrogen) atoms. The number of sulfonamides is 1. The van der Waals surface area contributed by atoms with Gasteiger partial charge in [-0.05, 0) is 20.3 Å². The molecule has 8 heteroatoms. The maximum atomic E-state index is 11.2. The van der Waals surface area contributed by atoms with E-state index in [0.717, 1.165) is 26.2 Å². The molecule has 0 aliphatic heterocycles. The third kappa shape index (κ3) is 10.7. The van der Waals surface area contributed by atoms with Crippen molar-refractivity contribution in [3.63, 3.8) is 0 Å². The van der Waals surface area contributed by atoms with E-state index in [1.807, 2.05) is 6.92 Å². The molecule has 0 heterocycles. The lowest BCUT2D eigenvalue weighted by molar-refractivity contribution is 0.145. The summed E-state index contributed by atoms with van der Waals surface area (Å²) in [6.07, 6.45) is 0.900. The number of aliphatic imine (C=N–C) groups is 1. The molecule has 0 aliphatic rings. The second kappa shape index (κ2) is 11.0. The third-order valence-electron chi connectivity index (χ3n) is 2.31. The second-order valence-corrected chi connectivity index (χ2v) is 5.87. The van der Waals surface area contributed by atoms with Gasteiger partial charge in [-0.2, -0.15) is 0 Å². The molecule has 0 radical (unpaired) electrons. The van der Waals surface area contributed by atoms with Crippen molar-refractivity contribution >= 4 is 16.0 Å². The Labute approximate surface area is 116 Å². The van der Waals surface area contributed by atoms with Crippen LogP contribution in [-0.4, -0.2) is 60.0 Å². The van der Waals surface area contributed by atoms with E-state index in [2.05, 4.69) is 20.3 Å². The van der Waals surface area contributed by atoms with Gasteiger partial charge in [0.05, 0.1) is 5.75 Å². The Hall–Kier alpha value is -0.860. The van der Waals surface area contributed by atoms with Gasteiger partial charge >= 0.3 is 0 Å². The quantitative estimate of drug-likeness (QED) is 0.287. The summed E-state index contributed by atoms with van der Waals surface area (Å²) in [6, 6.07) is 0. The monoisotopic (exact) mass is 294 g/mol. The molecular formula is C11H26N4O3S. The summed E-state index contributed by atoms with van der Waals surface area (Å²) in [6.45, 7) is 6.61. The molecule has 0 fully saturated rings. The van der Waals surface area contributed by atoms with Crippen LogP contribution in [0.5, 0.6) is 0 Å². The van der Waals surface area contributed by atoms with E-state index in [9.17, 15) is 8.42 Å². The van der Waals surface area contributed by atoms with Crippen molar-refractivity contribution in [1.29, 1.82) is 0 Å². The lowest BCUT2D eigenvalue weighted by Gasteiger charge is -2.12. The Kier molecular flexibility index (Phi) is 10.5. The number of hydrogen-bond donors (Lipinski definition) is 3. The average molecular weight is 294 g/mol. The lowest BCUT2D eigenvalue weighted by Crippen LogP contribution is -2.42. The normalized spacial score (nSPS) is 12.5. The Morgan fingerprint density at radius 2 is 1.84 bits per heavy atom. The first kappa shape index (κ1) is 18.1. The number of rotatable bonds is 10. The van der Waals surface area contributed by atoms with Crippen LogP contribution in [-0.2, 0) is 14.8 Å². The van der Waals surface area contributed by atoms with Crippen LogP contribution in [0.2, 0.25) is 0 Å². The van der Waals surface area contributed by atoms with E-state index in [4.69, 9.17) is 4.74 Å². The van der Waals surface area contributed by atoms with Crippen LogP contribution in [0.15, 0.2) is 4.99 Å². The van der Waals surface area contributed by atoms with Crippen molar-refractivity contribution < 1.29 is 13.2 Å². The lowest BCUT2D eigenvalue weighted by atomic mass is 10.4. The van der Waals surface area contributed by atoms with Gasteiger partial charge < -0.3 is 15.4 Å². The van der Waals surface area contributed by atoms with Gasteiger partial charge in [-0.25, -0.2) is 13.1 Å². The van der Waals surface area contributed by atoms with Crippen LogP contribution in [0.3, 0.4) is 0 Å². The van der Waals surface area contributed by atoms with Crippen LogP contribution in [0.25, 0.3) is 0 Å². The number of ether oxygens (including phenoxy) is 1. The summed E-state index contributed by atoms with van der Waals surface area (Å²) >= 11 is 0. The topological polar surface area (TPSA) is 91.8 Å². The van der Waals surface area contributed by atoms with Crippen molar-refractivity contribution in [2.45, 2.75) is 20.3 Å². The van der Waals surface area contributed by atoms with E-state index >= 15 is 0 Å². The molecule has 0 rings (SSSR count). The van der Waals surface area contributed by atoms with Gasteiger partial charge in [0, 0.05) is 39.9 Å². The molecule has 0 aromatic rings. The number of hydrogen-bond acceptors (Lipinski definition) is 4. The Balaban J connectivity index is 3.66.